The van der Waals surface area contributed by atoms with Gasteiger partial charge in [-0.15, -0.1) is 0 Å². The van der Waals surface area contributed by atoms with Gasteiger partial charge in [0.2, 0.25) is 0 Å². The molecule has 1 aromatic rings. The van der Waals surface area contributed by atoms with Crippen molar-refractivity contribution in [2.24, 2.45) is 0 Å². The van der Waals surface area contributed by atoms with Crippen LogP contribution in [0.15, 0.2) is 36.7 Å². The minimum atomic E-state index is 0.416. The highest BCUT2D eigenvalue weighted by molar-refractivity contribution is 5.30. The second-order valence-electron chi connectivity index (χ2n) is 7.27. The van der Waals surface area contributed by atoms with Crippen LogP contribution in [0.4, 0.5) is 4.39 Å². The van der Waals surface area contributed by atoms with Gasteiger partial charge in [0.15, 0.2) is 0 Å². The molecule has 128 valence electrons. The molecule has 1 aromatic carbocycles. The van der Waals surface area contributed by atoms with E-state index in [1.807, 2.05) is 0 Å². The van der Waals surface area contributed by atoms with Crippen molar-refractivity contribution in [2.75, 3.05) is 0 Å². The van der Waals surface area contributed by atoms with E-state index in [1.165, 1.54) is 81.8 Å². The van der Waals surface area contributed by atoms with Crippen LogP contribution in [0.25, 0.3) is 0 Å². The van der Waals surface area contributed by atoms with Crippen LogP contribution >= 0.6 is 0 Å². The van der Waals surface area contributed by atoms with Crippen LogP contribution < -0.4 is 0 Å². The Morgan fingerprint density at radius 1 is 0.957 bits per heavy atom. The fraction of sp³-hybridized carbons (Fsp3) is 0.636. The van der Waals surface area contributed by atoms with Gasteiger partial charge in [-0.25, -0.2) is 4.39 Å². The standard InChI is InChI=1S/C22H33F/c1-2-3-4-5-7-16-22(17-8-6-9-18-22)21-14-12-20(13-15-21)11-10-19-23/h10,12-15,19H,2-9,11,16-18H2,1H3/b19-10+. The summed E-state index contributed by atoms with van der Waals surface area (Å²) in [6, 6.07) is 9.03. The van der Waals surface area contributed by atoms with Crippen molar-refractivity contribution in [3.8, 4) is 0 Å². The van der Waals surface area contributed by atoms with E-state index in [4.69, 9.17) is 0 Å². The third-order valence-electron chi connectivity index (χ3n) is 5.58. The van der Waals surface area contributed by atoms with Crippen molar-refractivity contribution in [1.29, 1.82) is 0 Å². The molecule has 1 fully saturated rings. The van der Waals surface area contributed by atoms with Crippen molar-refractivity contribution in [3.05, 3.63) is 47.8 Å². The lowest BCUT2D eigenvalue weighted by Crippen LogP contribution is -2.29. The van der Waals surface area contributed by atoms with Crippen molar-refractivity contribution in [3.63, 3.8) is 0 Å². The Bertz CT molecular complexity index is 451. The predicted molar refractivity (Wildman–Crippen MR) is 98.5 cm³/mol. The zero-order valence-electron chi connectivity index (χ0n) is 14.8. The lowest BCUT2D eigenvalue weighted by atomic mass is 9.66. The summed E-state index contributed by atoms with van der Waals surface area (Å²) in [6.07, 6.45) is 18.0. The van der Waals surface area contributed by atoms with E-state index in [2.05, 4.69) is 31.2 Å². The van der Waals surface area contributed by atoms with Gasteiger partial charge in [-0.05, 0) is 42.2 Å². The molecule has 1 aliphatic rings. The molecule has 23 heavy (non-hydrogen) atoms. The van der Waals surface area contributed by atoms with Gasteiger partial charge in [0.25, 0.3) is 0 Å². The van der Waals surface area contributed by atoms with Crippen LogP contribution in [-0.4, -0.2) is 0 Å². The van der Waals surface area contributed by atoms with E-state index in [0.717, 1.165) is 0 Å². The molecule has 0 radical (unpaired) electrons. The number of hydrogen-bond donors (Lipinski definition) is 0. The molecule has 0 aliphatic heterocycles. The van der Waals surface area contributed by atoms with Crippen molar-refractivity contribution in [2.45, 2.75) is 89.4 Å². The normalized spacial score (nSPS) is 17.7. The lowest BCUT2D eigenvalue weighted by molar-refractivity contribution is 0.265. The first kappa shape index (κ1) is 18.2. The quantitative estimate of drug-likeness (QED) is 0.420. The minimum absolute atomic E-state index is 0.416. The fourth-order valence-corrected chi connectivity index (χ4v) is 4.15. The highest BCUT2D eigenvalue weighted by atomic mass is 19.1. The van der Waals surface area contributed by atoms with Gasteiger partial charge in [0, 0.05) is 0 Å². The first-order valence-corrected chi connectivity index (χ1v) is 9.65. The maximum Gasteiger partial charge on any atom is 0.0830 e. The van der Waals surface area contributed by atoms with Gasteiger partial charge in [0.1, 0.15) is 0 Å². The number of rotatable bonds is 9. The molecule has 1 heteroatoms. The average Bonchev–Trinajstić information content (AvgIpc) is 2.61. The highest BCUT2D eigenvalue weighted by Crippen LogP contribution is 2.43. The Hall–Kier alpha value is -1.11. The summed E-state index contributed by atoms with van der Waals surface area (Å²) in [7, 11) is 0. The summed E-state index contributed by atoms with van der Waals surface area (Å²) in [6.45, 7) is 2.28. The number of halogens is 1. The Kier molecular flexibility index (Phi) is 7.85. The molecular weight excluding hydrogens is 283 g/mol. The Balaban J connectivity index is 2.01. The van der Waals surface area contributed by atoms with Crippen LogP contribution in [0.5, 0.6) is 0 Å². The van der Waals surface area contributed by atoms with Gasteiger partial charge < -0.3 is 0 Å². The lowest BCUT2D eigenvalue weighted by Gasteiger charge is -2.38. The van der Waals surface area contributed by atoms with Gasteiger partial charge in [-0.3, -0.25) is 0 Å². The largest absolute Gasteiger partial charge is 0.216 e. The second kappa shape index (κ2) is 9.90. The van der Waals surface area contributed by atoms with Crippen LogP contribution in [0.1, 0.15) is 88.7 Å². The molecule has 1 saturated carbocycles. The average molecular weight is 317 g/mol. The van der Waals surface area contributed by atoms with E-state index >= 15 is 0 Å². The minimum Gasteiger partial charge on any atom is -0.216 e. The van der Waals surface area contributed by atoms with Crippen LogP contribution in [0, 0.1) is 0 Å². The number of unbranched alkanes of at least 4 members (excludes halogenated alkanes) is 4. The summed E-state index contributed by atoms with van der Waals surface area (Å²) >= 11 is 0. The molecule has 0 nitrogen and oxygen atoms in total. The first-order valence-electron chi connectivity index (χ1n) is 9.65. The first-order chi connectivity index (χ1) is 11.3. The Morgan fingerprint density at radius 2 is 1.65 bits per heavy atom. The molecule has 0 N–H and O–H groups in total. The highest BCUT2D eigenvalue weighted by Gasteiger charge is 2.32. The molecule has 0 aromatic heterocycles. The van der Waals surface area contributed by atoms with Crippen LogP contribution in [0.3, 0.4) is 0 Å². The molecule has 2 rings (SSSR count). The van der Waals surface area contributed by atoms with E-state index in [-0.39, 0.29) is 0 Å². The van der Waals surface area contributed by atoms with E-state index in [1.54, 1.807) is 6.08 Å². The topological polar surface area (TPSA) is 0 Å². The zero-order valence-corrected chi connectivity index (χ0v) is 14.8. The fourth-order valence-electron chi connectivity index (χ4n) is 4.15. The monoisotopic (exact) mass is 316 g/mol. The van der Waals surface area contributed by atoms with Gasteiger partial charge >= 0.3 is 0 Å². The molecule has 1 aliphatic carbocycles. The summed E-state index contributed by atoms with van der Waals surface area (Å²) in [5, 5.41) is 0. The van der Waals surface area contributed by atoms with Gasteiger partial charge in [0.05, 0.1) is 6.33 Å². The molecule has 0 heterocycles. The summed E-state index contributed by atoms with van der Waals surface area (Å²) in [5.41, 5.74) is 3.15. The molecule has 0 saturated heterocycles. The van der Waals surface area contributed by atoms with Gasteiger partial charge in [-0.2, -0.15) is 0 Å². The molecular formula is C22H33F. The second-order valence-corrected chi connectivity index (χ2v) is 7.27. The van der Waals surface area contributed by atoms with Crippen LogP contribution in [-0.2, 0) is 11.8 Å². The van der Waals surface area contributed by atoms with Crippen molar-refractivity contribution >= 4 is 0 Å². The van der Waals surface area contributed by atoms with E-state index in [0.29, 0.717) is 18.2 Å². The van der Waals surface area contributed by atoms with E-state index < -0.39 is 0 Å². The number of allylic oxidation sites excluding steroid dienone is 1. The van der Waals surface area contributed by atoms with Crippen molar-refractivity contribution < 1.29 is 4.39 Å². The molecule has 0 unspecified atom stereocenters. The van der Waals surface area contributed by atoms with Crippen LogP contribution in [0.2, 0.25) is 0 Å². The van der Waals surface area contributed by atoms with Gasteiger partial charge in [-0.1, -0.05) is 88.6 Å². The SMILES string of the molecule is CCCCCCCC1(c2ccc(C/C=C/F)cc2)CCCCC1. The summed E-state index contributed by atoms with van der Waals surface area (Å²) in [5.74, 6) is 0. The predicted octanol–water partition coefficient (Wildman–Crippen LogP) is 7.27. The third kappa shape index (κ3) is 5.48. The zero-order chi connectivity index (χ0) is 16.4. The maximum absolute atomic E-state index is 12.2. The van der Waals surface area contributed by atoms with Crippen molar-refractivity contribution in [1.82, 2.24) is 0 Å². The Morgan fingerprint density at radius 3 is 2.30 bits per heavy atom. The maximum atomic E-state index is 12.2. The molecule has 0 atom stereocenters. The van der Waals surface area contributed by atoms with E-state index in [9.17, 15) is 4.39 Å². The number of hydrogen-bond acceptors (Lipinski definition) is 0. The Labute approximate surface area is 142 Å². The summed E-state index contributed by atoms with van der Waals surface area (Å²) in [4.78, 5) is 0. The summed E-state index contributed by atoms with van der Waals surface area (Å²) < 4.78 is 12.2. The molecule has 0 bridgehead atoms. The number of benzene rings is 1. The third-order valence-corrected chi connectivity index (χ3v) is 5.58. The molecule has 0 amide bonds. The smallest absolute Gasteiger partial charge is 0.0830 e. The molecule has 0 spiro atoms.